The zero-order chi connectivity index (χ0) is 8.41. The largest absolute Gasteiger partial charge is 0.462 e. The molecular weight excluding hydrogens is 88.1 g/mol. The van der Waals surface area contributed by atoms with Gasteiger partial charge in [-0.1, -0.05) is 19.8 Å². The second-order valence-corrected chi connectivity index (χ2v) is 1.11. The first-order chi connectivity index (χ1) is 4.31. The van der Waals surface area contributed by atoms with Gasteiger partial charge in [-0.15, -0.1) is 0 Å². The fourth-order valence-corrected chi connectivity index (χ4v) is 0.146. The van der Waals surface area contributed by atoms with Gasteiger partial charge in [0.05, 0.1) is 0 Å². The highest BCUT2D eigenvalue weighted by Crippen LogP contribution is 1.95. The fourth-order valence-electron chi connectivity index (χ4n) is 0.146. The van der Waals surface area contributed by atoms with Crippen LogP contribution in [0.15, 0.2) is 0 Å². The molecule has 0 fully saturated rings. The molecule has 0 heterocycles. The van der Waals surface area contributed by atoms with Crippen molar-refractivity contribution in [3.63, 3.8) is 0 Å². The Balaban J connectivity index is 4.51. The molecule has 0 aliphatic rings. The Bertz CT molecular complexity index is 170. The van der Waals surface area contributed by atoms with Crippen LogP contribution in [-0.2, 0) is 0 Å². The molecule has 1 heteroatoms. The molecule has 0 saturated heterocycles. The monoisotopic (exact) mass is 101 g/mol. The molecule has 1 unspecified atom stereocenters. The Labute approximate surface area is 48.6 Å². The smallest absolute Gasteiger partial charge is 0.107 e. The van der Waals surface area contributed by atoms with Gasteiger partial charge in [-0.3, -0.25) is 0 Å². The topological polar surface area (TPSA) is 20.2 Å². The number of rotatable bonds is 1. The summed E-state index contributed by atoms with van der Waals surface area (Å²) in [6, 6.07) is 0. The summed E-state index contributed by atoms with van der Waals surface area (Å²) in [5, 5.41) is 8.12. The second kappa shape index (κ2) is 3.55. The van der Waals surface area contributed by atoms with Gasteiger partial charge in [-0.05, 0) is 6.37 Å². The summed E-state index contributed by atoms with van der Waals surface area (Å²) in [6.45, 7) is 2.57. The van der Waals surface area contributed by atoms with Crippen molar-refractivity contribution in [2.75, 3.05) is 0 Å². The molecule has 0 rings (SSSR count). The molecule has 40 valence electrons. The van der Waals surface area contributed by atoms with Gasteiger partial charge >= 0.3 is 0 Å². The van der Waals surface area contributed by atoms with Crippen molar-refractivity contribution >= 4 is 0 Å². The summed E-state index contributed by atoms with van der Waals surface area (Å²) in [7, 11) is 0. The first kappa shape index (κ1) is 2.61. The van der Waals surface area contributed by atoms with Gasteiger partial charge in [-0.2, -0.15) is 0 Å². The highest BCUT2D eigenvalue weighted by Gasteiger charge is 1.87. The lowest BCUT2D eigenvalue weighted by Gasteiger charge is -1.90. The van der Waals surface area contributed by atoms with Gasteiger partial charge in [-0.25, -0.2) is 0 Å². The van der Waals surface area contributed by atoms with E-state index in [-0.39, 0.29) is 0 Å². The normalized spacial score (nSPS) is 24.6. The minimum atomic E-state index is -1.72. The molecule has 0 bridgehead atoms. The average molecular weight is 101 g/mol. The van der Waals surface area contributed by atoms with Crippen LogP contribution >= 0.6 is 0 Å². The molecule has 0 amide bonds. The zero-order valence-electron chi connectivity index (χ0n) is 7.45. The summed E-state index contributed by atoms with van der Waals surface area (Å²) in [5.41, 5.74) is 0. The average Bonchev–Trinajstić information content (AvgIpc) is 1.61. The Kier molecular flexibility index (Phi) is 1.32. The summed E-state index contributed by atoms with van der Waals surface area (Å²) >= 11 is 0. The van der Waals surface area contributed by atoms with Gasteiger partial charge in [0.25, 0.3) is 0 Å². The predicted molar refractivity (Wildman–Crippen MR) is 29.2 cm³/mol. The third-order valence-corrected chi connectivity index (χ3v) is 0.618. The van der Waals surface area contributed by atoms with E-state index in [9.17, 15) is 0 Å². The van der Waals surface area contributed by atoms with E-state index in [0.717, 1.165) is 0 Å². The van der Waals surface area contributed by atoms with Crippen LogP contribution in [-0.4, -0.2) is 5.11 Å². The maximum absolute atomic E-state index is 8.12. The number of aliphatic hydroxyl groups excluding tert-OH is 1. The number of hydrogen-bond acceptors (Lipinski definition) is 1. The zero-order valence-corrected chi connectivity index (χ0v) is 4.45. The fraction of sp³-hybridized carbons (Fsp3) is 0.667. The Morgan fingerprint density at radius 2 is 2.71 bits per heavy atom. The van der Waals surface area contributed by atoms with Crippen LogP contribution in [0.4, 0.5) is 0 Å². The summed E-state index contributed by atoms with van der Waals surface area (Å²) in [6.07, 6.45) is -0.182. The molecular formula is C6H10O. The Morgan fingerprint density at radius 1 is 2.14 bits per heavy atom. The van der Waals surface area contributed by atoms with Gasteiger partial charge in [0.15, 0.2) is 0 Å². The lowest BCUT2D eigenvalue weighted by atomic mass is 10.1. The van der Waals surface area contributed by atoms with Crippen molar-refractivity contribution in [2.45, 2.75) is 20.2 Å². The minimum absolute atomic E-state index is 1.25. The van der Waals surface area contributed by atoms with E-state index in [1.165, 1.54) is 20.0 Å². The molecule has 7 heavy (non-hydrogen) atoms. The molecule has 0 radical (unpaired) electrons. The first-order valence-corrected chi connectivity index (χ1v) is 1.97. The third-order valence-electron chi connectivity index (χ3n) is 0.618. The SMILES string of the molecule is [2H]C([2H])(C)C([2H])(C)C#CO. The van der Waals surface area contributed by atoms with Crippen LogP contribution < -0.4 is 0 Å². The van der Waals surface area contributed by atoms with E-state index < -0.39 is 12.3 Å². The molecule has 1 N–H and O–H groups in total. The highest BCUT2D eigenvalue weighted by molar-refractivity contribution is 4.93. The highest BCUT2D eigenvalue weighted by atomic mass is 16.2. The van der Waals surface area contributed by atoms with Crippen LogP contribution in [0, 0.1) is 17.9 Å². The van der Waals surface area contributed by atoms with Crippen molar-refractivity contribution in [1.29, 1.82) is 0 Å². The van der Waals surface area contributed by atoms with Crippen LogP contribution in [0.5, 0.6) is 0 Å². The molecule has 0 aliphatic heterocycles. The first-order valence-electron chi connectivity index (χ1n) is 3.47. The summed E-state index contributed by atoms with van der Waals surface area (Å²) in [5.74, 6) is 0.519. The van der Waals surface area contributed by atoms with Gasteiger partial charge in [0.1, 0.15) is 6.11 Å². The van der Waals surface area contributed by atoms with E-state index in [1.807, 2.05) is 0 Å². The van der Waals surface area contributed by atoms with Crippen LogP contribution in [0.25, 0.3) is 0 Å². The molecule has 0 aromatic heterocycles. The van der Waals surface area contributed by atoms with Crippen LogP contribution in [0.1, 0.15) is 24.3 Å². The van der Waals surface area contributed by atoms with Crippen LogP contribution in [0.2, 0.25) is 0 Å². The predicted octanol–water partition coefficient (Wildman–Crippen LogP) is 1.37. The number of aliphatic hydroxyl groups is 1. The minimum Gasteiger partial charge on any atom is -0.462 e. The van der Waals surface area contributed by atoms with Crippen molar-refractivity contribution < 1.29 is 9.22 Å². The Hall–Kier alpha value is -0.640. The van der Waals surface area contributed by atoms with E-state index in [2.05, 4.69) is 5.92 Å². The van der Waals surface area contributed by atoms with Crippen molar-refractivity contribution in [2.24, 2.45) is 5.89 Å². The molecule has 1 atom stereocenters. The van der Waals surface area contributed by atoms with Crippen molar-refractivity contribution in [3.8, 4) is 12.0 Å². The van der Waals surface area contributed by atoms with Gasteiger partial charge in [0.2, 0.25) is 0 Å². The second-order valence-electron chi connectivity index (χ2n) is 1.11. The van der Waals surface area contributed by atoms with E-state index in [4.69, 9.17) is 9.22 Å². The maximum atomic E-state index is 8.12. The van der Waals surface area contributed by atoms with E-state index >= 15 is 0 Å². The van der Waals surface area contributed by atoms with Crippen molar-refractivity contribution in [3.05, 3.63) is 0 Å². The molecule has 0 spiro atoms. The standard InChI is InChI=1S/C6H10O/c1-3-6(2)4-5-7/h6-7H,3H2,1-2H3/i3D2,6D. The lowest BCUT2D eigenvalue weighted by molar-refractivity contribution is 0.513. The third kappa shape index (κ3) is 3.18. The lowest BCUT2D eigenvalue weighted by Crippen LogP contribution is -1.83. The van der Waals surface area contributed by atoms with Gasteiger partial charge in [0, 0.05) is 10.0 Å². The Morgan fingerprint density at radius 3 is 2.86 bits per heavy atom. The van der Waals surface area contributed by atoms with Crippen LogP contribution in [0.3, 0.4) is 0 Å². The molecule has 1 nitrogen and oxygen atoms in total. The number of hydrogen-bond donors (Lipinski definition) is 1. The maximum Gasteiger partial charge on any atom is 0.107 e. The molecule has 0 aromatic rings. The summed E-state index contributed by atoms with van der Waals surface area (Å²) < 4.78 is 21.5. The van der Waals surface area contributed by atoms with E-state index in [1.54, 1.807) is 0 Å². The molecule has 0 aromatic carbocycles. The van der Waals surface area contributed by atoms with Crippen molar-refractivity contribution in [1.82, 2.24) is 0 Å². The van der Waals surface area contributed by atoms with Gasteiger partial charge < -0.3 is 5.11 Å². The van der Waals surface area contributed by atoms with E-state index in [0.29, 0.717) is 0 Å². The molecule has 0 saturated carbocycles. The summed E-state index contributed by atoms with van der Waals surface area (Å²) in [4.78, 5) is 0. The quantitative estimate of drug-likeness (QED) is 0.494. The molecule has 0 aliphatic carbocycles.